The van der Waals surface area contributed by atoms with Gasteiger partial charge in [0.25, 0.3) is 5.82 Å². The van der Waals surface area contributed by atoms with Crippen molar-refractivity contribution in [3.63, 3.8) is 0 Å². The number of pyridine rings is 1. The summed E-state index contributed by atoms with van der Waals surface area (Å²) in [4.78, 5) is 27.1. The van der Waals surface area contributed by atoms with Crippen molar-refractivity contribution >= 4 is 23.2 Å². The van der Waals surface area contributed by atoms with E-state index in [0.29, 0.717) is 34.9 Å². The summed E-state index contributed by atoms with van der Waals surface area (Å²) in [7, 11) is 0. The maximum atomic E-state index is 13.3. The Morgan fingerprint density at radius 2 is 1.40 bits per heavy atom. The van der Waals surface area contributed by atoms with Gasteiger partial charge in [-0.15, -0.1) is 5.10 Å². The van der Waals surface area contributed by atoms with Gasteiger partial charge in [0.2, 0.25) is 0 Å². The molecule has 11 nitrogen and oxygen atoms in total. The zero-order chi connectivity index (χ0) is 34.1. The second-order valence-corrected chi connectivity index (χ2v) is 9.35. The van der Waals surface area contributed by atoms with E-state index in [-0.39, 0.29) is 34.5 Å². The summed E-state index contributed by atoms with van der Waals surface area (Å²) in [5.41, 5.74) is 2.93. The average Bonchev–Trinajstić information content (AvgIpc) is 3.49. The quantitative estimate of drug-likeness (QED) is 0.161. The van der Waals surface area contributed by atoms with Crippen LogP contribution in [0.4, 0.5) is 61.5 Å². The smallest absolute Gasteiger partial charge is 0.424 e. The third-order valence-electron chi connectivity index (χ3n) is 6.07. The van der Waals surface area contributed by atoms with Crippen molar-refractivity contribution in [1.29, 1.82) is 0 Å². The topological polar surface area (TPSA) is 146 Å². The molecule has 0 atom stereocenters. The van der Waals surface area contributed by atoms with Crippen LogP contribution in [0.3, 0.4) is 0 Å². The standard InChI is InChI=1S/C27H16F9N9O2/c28-25(29,30)14-3-6-20(45-12-41-22(44-45)27(34,35)36)19(8-14)43-23(46)42-16-10-39-24(40-11-16)47-17-4-1-13(2-5-17)18-7-15(26(31,32)33)9-38-21(18)37/h1-12H,(H2,37,38)(H2,42,43,46). The van der Waals surface area contributed by atoms with Crippen LogP contribution in [0.15, 0.2) is 73.4 Å². The van der Waals surface area contributed by atoms with E-state index in [1.807, 2.05) is 0 Å². The zero-order valence-corrected chi connectivity index (χ0v) is 22.9. The molecule has 47 heavy (non-hydrogen) atoms. The van der Waals surface area contributed by atoms with Gasteiger partial charge in [0.1, 0.15) is 17.9 Å². The summed E-state index contributed by atoms with van der Waals surface area (Å²) in [6, 6.07) is 7.06. The first kappa shape index (κ1) is 32.4. The Morgan fingerprint density at radius 3 is 2.00 bits per heavy atom. The summed E-state index contributed by atoms with van der Waals surface area (Å²) < 4.78 is 124. The van der Waals surface area contributed by atoms with E-state index in [0.717, 1.165) is 24.5 Å². The van der Waals surface area contributed by atoms with Crippen LogP contribution in [0.1, 0.15) is 17.0 Å². The van der Waals surface area contributed by atoms with Crippen molar-refractivity contribution in [3.8, 4) is 28.6 Å². The minimum atomic E-state index is -4.93. The molecular formula is C27H16F9N9O2. The molecule has 0 bridgehead atoms. The average molecular weight is 669 g/mol. The van der Waals surface area contributed by atoms with E-state index in [2.05, 4.69) is 35.7 Å². The SMILES string of the molecule is Nc1ncc(C(F)(F)F)cc1-c1ccc(Oc2ncc(NC(=O)Nc3cc(C(F)(F)F)ccc3-n3cnc(C(F)(F)F)n3)cn2)cc1. The molecule has 0 fully saturated rings. The number of nitrogen functional groups attached to an aromatic ring is 1. The Bertz CT molecular complexity index is 1910. The maximum Gasteiger partial charge on any atom is 0.453 e. The van der Waals surface area contributed by atoms with Crippen LogP contribution >= 0.6 is 0 Å². The van der Waals surface area contributed by atoms with E-state index in [4.69, 9.17) is 10.5 Å². The van der Waals surface area contributed by atoms with Crippen LogP contribution in [0, 0.1) is 0 Å². The van der Waals surface area contributed by atoms with Gasteiger partial charge in [-0.2, -0.15) is 39.5 Å². The van der Waals surface area contributed by atoms with Crippen molar-refractivity contribution < 1.29 is 49.0 Å². The van der Waals surface area contributed by atoms with Crippen molar-refractivity contribution in [2.75, 3.05) is 16.4 Å². The Kier molecular flexibility index (Phi) is 8.35. The predicted octanol–water partition coefficient (Wildman–Crippen LogP) is 7.19. The number of aromatic nitrogens is 6. The number of amides is 2. The van der Waals surface area contributed by atoms with E-state index in [1.165, 1.54) is 24.3 Å². The fraction of sp³-hybridized carbons (Fsp3) is 0.111. The lowest BCUT2D eigenvalue weighted by Crippen LogP contribution is -2.21. The highest BCUT2D eigenvalue weighted by Crippen LogP contribution is 2.36. The maximum absolute atomic E-state index is 13.3. The van der Waals surface area contributed by atoms with Crippen LogP contribution in [0.2, 0.25) is 0 Å². The van der Waals surface area contributed by atoms with Crippen LogP contribution in [-0.2, 0) is 18.5 Å². The van der Waals surface area contributed by atoms with E-state index >= 15 is 0 Å². The summed E-state index contributed by atoms with van der Waals surface area (Å²) in [5, 5.41) is 7.60. The molecule has 0 unspecified atom stereocenters. The minimum absolute atomic E-state index is 0.0425. The highest BCUT2D eigenvalue weighted by molar-refractivity contribution is 6.00. The van der Waals surface area contributed by atoms with Crippen LogP contribution in [-0.4, -0.2) is 35.7 Å². The number of halogens is 9. The largest absolute Gasteiger partial charge is 0.453 e. The summed E-state index contributed by atoms with van der Waals surface area (Å²) >= 11 is 0. The van der Waals surface area contributed by atoms with E-state index < -0.39 is 47.2 Å². The van der Waals surface area contributed by atoms with Gasteiger partial charge in [-0.25, -0.2) is 29.4 Å². The van der Waals surface area contributed by atoms with Gasteiger partial charge >= 0.3 is 30.6 Å². The van der Waals surface area contributed by atoms with E-state index in [1.54, 1.807) is 0 Å². The molecule has 0 aliphatic rings. The number of rotatable bonds is 6. The number of nitrogens with one attached hydrogen (secondary N) is 2. The number of ether oxygens (including phenoxy) is 1. The molecule has 2 aromatic carbocycles. The van der Waals surface area contributed by atoms with Crippen molar-refractivity contribution in [2.24, 2.45) is 0 Å². The van der Waals surface area contributed by atoms with Gasteiger partial charge < -0.3 is 21.1 Å². The third kappa shape index (κ3) is 7.65. The number of alkyl halides is 9. The molecule has 244 valence electrons. The number of urea groups is 1. The van der Waals surface area contributed by atoms with Crippen LogP contribution in [0.25, 0.3) is 16.8 Å². The predicted molar refractivity (Wildman–Crippen MR) is 145 cm³/mol. The Hall–Kier alpha value is -5.95. The van der Waals surface area contributed by atoms with Crippen LogP contribution in [0.5, 0.6) is 11.8 Å². The highest BCUT2D eigenvalue weighted by atomic mass is 19.4. The molecule has 0 aliphatic heterocycles. The first-order valence-electron chi connectivity index (χ1n) is 12.7. The van der Waals surface area contributed by atoms with Gasteiger partial charge in [0.15, 0.2) is 0 Å². The third-order valence-corrected chi connectivity index (χ3v) is 6.07. The molecule has 0 aliphatic carbocycles. The second-order valence-electron chi connectivity index (χ2n) is 9.35. The molecule has 0 saturated carbocycles. The molecule has 5 aromatic rings. The van der Waals surface area contributed by atoms with Crippen LogP contribution < -0.4 is 21.1 Å². The number of carbonyl (C=O) groups is 1. The lowest BCUT2D eigenvalue weighted by Gasteiger charge is -2.15. The zero-order valence-electron chi connectivity index (χ0n) is 22.9. The van der Waals surface area contributed by atoms with Gasteiger partial charge in [0, 0.05) is 11.8 Å². The highest BCUT2D eigenvalue weighted by Gasteiger charge is 2.36. The fourth-order valence-corrected chi connectivity index (χ4v) is 3.91. The molecular weight excluding hydrogens is 653 g/mol. The molecule has 0 radical (unpaired) electrons. The molecule has 0 spiro atoms. The Balaban J connectivity index is 1.27. The summed E-state index contributed by atoms with van der Waals surface area (Å²) in [6.07, 6.45) is -11.0. The number of nitrogens with two attached hydrogens (primary N) is 1. The van der Waals surface area contributed by atoms with E-state index in [9.17, 15) is 44.3 Å². The molecule has 4 N–H and O–H groups in total. The Labute approximate surface area is 256 Å². The van der Waals surface area contributed by atoms with Gasteiger partial charge in [-0.1, -0.05) is 12.1 Å². The number of benzene rings is 2. The van der Waals surface area contributed by atoms with Gasteiger partial charge in [-0.3, -0.25) is 0 Å². The monoisotopic (exact) mass is 669 g/mol. The molecule has 3 aromatic heterocycles. The molecule has 0 saturated heterocycles. The second kappa shape index (κ2) is 12.1. The first-order chi connectivity index (χ1) is 22.0. The van der Waals surface area contributed by atoms with Crippen molar-refractivity contribution in [2.45, 2.75) is 18.5 Å². The Morgan fingerprint density at radius 1 is 0.745 bits per heavy atom. The van der Waals surface area contributed by atoms with Crippen molar-refractivity contribution in [1.82, 2.24) is 29.7 Å². The minimum Gasteiger partial charge on any atom is -0.424 e. The summed E-state index contributed by atoms with van der Waals surface area (Å²) in [5.74, 6) is -1.51. The fourth-order valence-electron chi connectivity index (χ4n) is 3.91. The molecule has 3 heterocycles. The molecule has 2 amide bonds. The number of hydrogen-bond acceptors (Lipinski definition) is 8. The molecule has 5 rings (SSSR count). The number of hydrogen-bond donors (Lipinski definition) is 3. The number of carbonyl (C=O) groups excluding carboxylic acids is 1. The van der Waals surface area contributed by atoms with Gasteiger partial charge in [0.05, 0.1) is 40.6 Å². The van der Waals surface area contributed by atoms with Gasteiger partial charge in [-0.05, 0) is 42.0 Å². The molecule has 20 heteroatoms. The van der Waals surface area contributed by atoms with Crippen molar-refractivity contribution in [3.05, 3.63) is 90.4 Å². The lowest BCUT2D eigenvalue weighted by molar-refractivity contribution is -0.145. The normalized spacial score (nSPS) is 12.1. The first-order valence-corrected chi connectivity index (χ1v) is 12.7. The summed E-state index contributed by atoms with van der Waals surface area (Å²) in [6.45, 7) is 0. The number of nitrogens with zero attached hydrogens (tertiary/aromatic N) is 6. The number of anilines is 3. The lowest BCUT2D eigenvalue weighted by atomic mass is 10.0.